The SMILES string of the molecule is CCOCCN(CCOCC)c1cc(C)nc(NN)n1. The van der Waals surface area contributed by atoms with E-state index in [-0.39, 0.29) is 0 Å². The van der Waals surface area contributed by atoms with Gasteiger partial charge in [0, 0.05) is 38.1 Å². The number of nitrogen functional groups attached to an aromatic ring is 1. The highest BCUT2D eigenvalue weighted by Crippen LogP contribution is 2.14. The zero-order chi connectivity index (χ0) is 14.8. The number of anilines is 2. The summed E-state index contributed by atoms with van der Waals surface area (Å²) in [7, 11) is 0. The minimum Gasteiger partial charge on any atom is -0.380 e. The molecule has 3 N–H and O–H groups in total. The van der Waals surface area contributed by atoms with Crippen LogP contribution in [0.4, 0.5) is 11.8 Å². The number of ether oxygens (including phenoxy) is 2. The number of hydrogen-bond donors (Lipinski definition) is 2. The lowest BCUT2D eigenvalue weighted by Gasteiger charge is -2.24. The number of nitrogens with two attached hydrogens (primary N) is 1. The predicted octanol–water partition coefficient (Wildman–Crippen LogP) is 0.950. The van der Waals surface area contributed by atoms with Crippen LogP contribution in [-0.4, -0.2) is 49.5 Å². The zero-order valence-corrected chi connectivity index (χ0v) is 12.6. The van der Waals surface area contributed by atoms with Crippen molar-refractivity contribution in [3.8, 4) is 0 Å². The van der Waals surface area contributed by atoms with Gasteiger partial charge in [-0.3, -0.25) is 5.43 Å². The lowest BCUT2D eigenvalue weighted by molar-refractivity contribution is 0.141. The van der Waals surface area contributed by atoms with Crippen molar-refractivity contribution in [1.29, 1.82) is 0 Å². The number of hydrazine groups is 1. The van der Waals surface area contributed by atoms with Gasteiger partial charge in [-0.25, -0.2) is 10.8 Å². The van der Waals surface area contributed by atoms with Crippen molar-refractivity contribution >= 4 is 11.8 Å². The van der Waals surface area contributed by atoms with Crippen molar-refractivity contribution < 1.29 is 9.47 Å². The van der Waals surface area contributed by atoms with Crippen molar-refractivity contribution in [1.82, 2.24) is 9.97 Å². The van der Waals surface area contributed by atoms with Gasteiger partial charge in [0.05, 0.1) is 13.2 Å². The summed E-state index contributed by atoms with van der Waals surface area (Å²) in [5, 5.41) is 0. The molecule has 7 nitrogen and oxygen atoms in total. The highest BCUT2D eigenvalue weighted by molar-refractivity contribution is 5.44. The van der Waals surface area contributed by atoms with Crippen LogP contribution in [0.15, 0.2) is 6.07 Å². The molecule has 0 saturated carbocycles. The molecule has 1 heterocycles. The van der Waals surface area contributed by atoms with Gasteiger partial charge in [-0.05, 0) is 20.8 Å². The maximum atomic E-state index is 5.41. The fourth-order valence-electron chi connectivity index (χ4n) is 1.76. The largest absolute Gasteiger partial charge is 0.380 e. The molecule has 114 valence electrons. The van der Waals surface area contributed by atoms with Crippen LogP contribution >= 0.6 is 0 Å². The molecule has 0 aromatic carbocycles. The van der Waals surface area contributed by atoms with E-state index in [1.165, 1.54) is 0 Å². The van der Waals surface area contributed by atoms with Crippen molar-refractivity contribution in [2.75, 3.05) is 49.8 Å². The quantitative estimate of drug-likeness (QED) is 0.375. The van der Waals surface area contributed by atoms with Gasteiger partial charge in [0.1, 0.15) is 5.82 Å². The first kappa shape index (κ1) is 16.6. The third-order valence-corrected chi connectivity index (χ3v) is 2.71. The van der Waals surface area contributed by atoms with Crippen LogP contribution in [0.1, 0.15) is 19.5 Å². The number of aromatic nitrogens is 2. The first-order valence-corrected chi connectivity index (χ1v) is 6.94. The van der Waals surface area contributed by atoms with Crippen LogP contribution in [0, 0.1) is 6.92 Å². The molecule has 1 rings (SSSR count). The van der Waals surface area contributed by atoms with Gasteiger partial charge in [-0.15, -0.1) is 0 Å². The summed E-state index contributed by atoms with van der Waals surface area (Å²) in [5.74, 6) is 6.63. The number of hydrogen-bond acceptors (Lipinski definition) is 7. The molecule has 0 aliphatic rings. The molecular formula is C13H25N5O2. The van der Waals surface area contributed by atoms with Crippen molar-refractivity contribution in [3.05, 3.63) is 11.8 Å². The third-order valence-electron chi connectivity index (χ3n) is 2.71. The maximum absolute atomic E-state index is 5.41. The van der Waals surface area contributed by atoms with E-state index in [1.807, 2.05) is 26.8 Å². The van der Waals surface area contributed by atoms with E-state index in [1.54, 1.807) is 0 Å². The molecule has 0 amide bonds. The second-order valence-corrected chi connectivity index (χ2v) is 4.22. The van der Waals surface area contributed by atoms with E-state index in [9.17, 15) is 0 Å². The number of nitrogens with zero attached hydrogens (tertiary/aromatic N) is 3. The van der Waals surface area contributed by atoms with E-state index in [0.29, 0.717) is 32.4 Å². The topological polar surface area (TPSA) is 85.5 Å². The minimum atomic E-state index is 0.415. The molecular weight excluding hydrogens is 258 g/mol. The number of aryl methyl sites for hydroxylation is 1. The maximum Gasteiger partial charge on any atom is 0.239 e. The second kappa shape index (κ2) is 9.46. The summed E-state index contributed by atoms with van der Waals surface area (Å²) in [6.45, 7) is 10.1. The average Bonchev–Trinajstić information content (AvgIpc) is 2.45. The first-order valence-electron chi connectivity index (χ1n) is 6.94. The summed E-state index contributed by atoms with van der Waals surface area (Å²) in [5.41, 5.74) is 3.35. The van der Waals surface area contributed by atoms with E-state index in [2.05, 4.69) is 20.3 Å². The van der Waals surface area contributed by atoms with Gasteiger partial charge >= 0.3 is 0 Å². The lowest BCUT2D eigenvalue weighted by Crippen LogP contribution is -2.32. The molecule has 0 radical (unpaired) electrons. The summed E-state index contributed by atoms with van der Waals surface area (Å²) in [4.78, 5) is 10.7. The lowest BCUT2D eigenvalue weighted by atomic mass is 10.3. The molecule has 0 fully saturated rings. The Hall–Kier alpha value is -1.44. The number of nitrogens with one attached hydrogen (secondary N) is 1. The second-order valence-electron chi connectivity index (χ2n) is 4.22. The van der Waals surface area contributed by atoms with Crippen LogP contribution in [0.3, 0.4) is 0 Å². The standard InChI is InChI=1S/C13H25N5O2/c1-4-19-8-6-18(7-9-20-5-2)12-10-11(3)15-13(16-12)17-14/h10H,4-9,14H2,1-3H3,(H,15,16,17). The van der Waals surface area contributed by atoms with Crippen molar-refractivity contribution in [3.63, 3.8) is 0 Å². The fourth-order valence-corrected chi connectivity index (χ4v) is 1.76. The molecule has 0 spiro atoms. The Morgan fingerprint density at radius 3 is 2.25 bits per heavy atom. The van der Waals surface area contributed by atoms with Gasteiger partial charge < -0.3 is 14.4 Å². The minimum absolute atomic E-state index is 0.415. The summed E-state index contributed by atoms with van der Waals surface area (Å²) in [6.07, 6.45) is 0. The zero-order valence-electron chi connectivity index (χ0n) is 12.6. The predicted molar refractivity (Wildman–Crippen MR) is 79.8 cm³/mol. The van der Waals surface area contributed by atoms with Gasteiger partial charge in [-0.1, -0.05) is 0 Å². The third kappa shape index (κ3) is 5.68. The van der Waals surface area contributed by atoms with E-state index in [0.717, 1.165) is 24.6 Å². The Labute approximate surface area is 120 Å². The van der Waals surface area contributed by atoms with E-state index < -0.39 is 0 Å². The Balaban J connectivity index is 2.75. The smallest absolute Gasteiger partial charge is 0.239 e. The molecule has 0 saturated heterocycles. The fraction of sp³-hybridized carbons (Fsp3) is 0.692. The molecule has 0 aliphatic heterocycles. The normalized spacial score (nSPS) is 10.6. The molecule has 7 heteroatoms. The summed E-state index contributed by atoms with van der Waals surface area (Å²) in [6, 6.07) is 1.93. The van der Waals surface area contributed by atoms with Crippen LogP contribution in [-0.2, 0) is 9.47 Å². The highest BCUT2D eigenvalue weighted by Gasteiger charge is 2.10. The van der Waals surface area contributed by atoms with Gasteiger partial charge in [0.2, 0.25) is 5.95 Å². The molecule has 0 atom stereocenters. The molecule has 0 unspecified atom stereocenters. The molecule has 20 heavy (non-hydrogen) atoms. The molecule has 1 aromatic heterocycles. The van der Waals surface area contributed by atoms with Gasteiger partial charge in [0.15, 0.2) is 0 Å². The molecule has 0 aliphatic carbocycles. The molecule has 1 aromatic rings. The van der Waals surface area contributed by atoms with E-state index in [4.69, 9.17) is 15.3 Å². The van der Waals surface area contributed by atoms with Crippen LogP contribution in [0.5, 0.6) is 0 Å². The van der Waals surface area contributed by atoms with Crippen molar-refractivity contribution in [2.45, 2.75) is 20.8 Å². The van der Waals surface area contributed by atoms with Crippen LogP contribution in [0.25, 0.3) is 0 Å². The number of rotatable bonds is 10. The van der Waals surface area contributed by atoms with Gasteiger partial charge in [0.25, 0.3) is 0 Å². The monoisotopic (exact) mass is 283 g/mol. The molecule has 0 bridgehead atoms. The Bertz CT molecular complexity index is 379. The van der Waals surface area contributed by atoms with Gasteiger partial charge in [-0.2, -0.15) is 4.98 Å². The van der Waals surface area contributed by atoms with Crippen molar-refractivity contribution in [2.24, 2.45) is 5.84 Å². The first-order chi connectivity index (χ1) is 9.71. The Morgan fingerprint density at radius 1 is 1.15 bits per heavy atom. The van der Waals surface area contributed by atoms with Crippen LogP contribution in [0.2, 0.25) is 0 Å². The summed E-state index contributed by atoms with van der Waals surface area (Å²) < 4.78 is 10.8. The Morgan fingerprint density at radius 2 is 1.75 bits per heavy atom. The summed E-state index contributed by atoms with van der Waals surface area (Å²) >= 11 is 0. The van der Waals surface area contributed by atoms with Crippen LogP contribution < -0.4 is 16.2 Å². The highest BCUT2D eigenvalue weighted by atomic mass is 16.5. The Kier molecular flexibility index (Phi) is 7.86. The average molecular weight is 283 g/mol. The van der Waals surface area contributed by atoms with E-state index >= 15 is 0 Å².